The second-order valence-corrected chi connectivity index (χ2v) is 5.99. The summed E-state index contributed by atoms with van der Waals surface area (Å²) in [5.41, 5.74) is 1.00. The molecule has 3 heteroatoms. The summed E-state index contributed by atoms with van der Waals surface area (Å²) in [6.45, 7) is 1.67. The zero-order chi connectivity index (χ0) is 12.9. The normalized spacial score (nSPS) is 29.8. The van der Waals surface area contributed by atoms with Crippen LogP contribution in [0, 0.1) is 30.5 Å². The van der Waals surface area contributed by atoms with Crippen molar-refractivity contribution >= 4 is 17.4 Å². The van der Waals surface area contributed by atoms with Gasteiger partial charge in [0.05, 0.1) is 5.02 Å². The lowest BCUT2D eigenvalue weighted by Gasteiger charge is -2.05. The smallest absolute Gasteiger partial charge is 0.168 e. The standard InChI is InChI=1S/C15H16ClFO/c1-8-6-11(12(16)7-13(8)17)15(18)14-9-4-2-3-5-10(9)14/h6-7,9-10,14H,2-5H2,1H3. The molecule has 0 aliphatic heterocycles. The number of halogens is 2. The van der Waals surface area contributed by atoms with Crippen LogP contribution < -0.4 is 0 Å². The third-order valence-corrected chi connectivity index (χ3v) is 4.79. The largest absolute Gasteiger partial charge is 0.294 e. The number of rotatable bonds is 2. The van der Waals surface area contributed by atoms with E-state index >= 15 is 0 Å². The number of ketones is 1. The molecule has 2 aliphatic carbocycles. The Hall–Kier alpha value is -0.890. The van der Waals surface area contributed by atoms with E-state index in [0.29, 0.717) is 23.0 Å². The van der Waals surface area contributed by atoms with Gasteiger partial charge in [-0.05, 0) is 49.3 Å². The Labute approximate surface area is 111 Å². The van der Waals surface area contributed by atoms with Crippen molar-refractivity contribution in [1.82, 2.24) is 0 Å². The summed E-state index contributed by atoms with van der Waals surface area (Å²) in [5.74, 6) is 1.06. The van der Waals surface area contributed by atoms with Gasteiger partial charge in [-0.3, -0.25) is 4.79 Å². The molecule has 2 unspecified atom stereocenters. The summed E-state index contributed by atoms with van der Waals surface area (Å²) in [7, 11) is 0. The molecule has 0 heterocycles. The lowest BCUT2D eigenvalue weighted by atomic mass is 10.0. The number of aryl methyl sites for hydroxylation is 1. The number of benzene rings is 1. The van der Waals surface area contributed by atoms with Gasteiger partial charge in [0.25, 0.3) is 0 Å². The van der Waals surface area contributed by atoms with Crippen LogP contribution in [0.25, 0.3) is 0 Å². The van der Waals surface area contributed by atoms with Crippen LogP contribution in [0.3, 0.4) is 0 Å². The number of fused-ring (bicyclic) bond motifs is 1. The van der Waals surface area contributed by atoms with E-state index in [0.717, 1.165) is 0 Å². The van der Waals surface area contributed by atoms with Crippen molar-refractivity contribution in [1.29, 1.82) is 0 Å². The molecule has 2 fully saturated rings. The number of carbonyl (C=O) groups is 1. The van der Waals surface area contributed by atoms with Crippen LogP contribution in [-0.2, 0) is 0 Å². The predicted octanol–water partition coefficient (Wildman–Crippen LogP) is 4.41. The summed E-state index contributed by atoms with van der Waals surface area (Å²) < 4.78 is 13.3. The monoisotopic (exact) mass is 266 g/mol. The Morgan fingerprint density at radius 3 is 2.50 bits per heavy atom. The first-order valence-electron chi connectivity index (χ1n) is 6.59. The van der Waals surface area contributed by atoms with Gasteiger partial charge in [-0.15, -0.1) is 0 Å². The molecule has 1 nitrogen and oxygen atoms in total. The Morgan fingerprint density at radius 2 is 1.89 bits per heavy atom. The van der Waals surface area contributed by atoms with Crippen molar-refractivity contribution in [3.63, 3.8) is 0 Å². The number of hydrogen-bond donors (Lipinski definition) is 0. The van der Waals surface area contributed by atoms with Gasteiger partial charge in [0.1, 0.15) is 5.82 Å². The molecule has 2 atom stereocenters. The van der Waals surface area contributed by atoms with Crippen LogP contribution in [-0.4, -0.2) is 5.78 Å². The maximum absolute atomic E-state index is 13.3. The van der Waals surface area contributed by atoms with Crippen molar-refractivity contribution in [3.8, 4) is 0 Å². The average Bonchev–Trinajstić information content (AvgIpc) is 3.07. The fourth-order valence-corrected chi connectivity index (χ4v) is 3.65. The molecule has 0 saturated heterocycles. The SMILES string of the molecule is Cc1cc(C(=O)C2C3CCCCC32)c(Cl)cc1F. The van der Waals surface area contributed by atoms with E-state index in [9.17, 15) is 9.18 Å². The second-order valence-electron chi connectivity index (χ2n) is 5.58. The topological polar surface area (TPSA) is 17.1 Å². The van der Waals surface area contributed by atoms with Crippen molar-refractivity contribution in [2.24, 2.45) is 17.8 Å². The van der Waals surface area contributed by atoms with E-state index in [4.69, 9.17) is 11.6 Å². The molecular formula is C15H16ClFO. The van der Waals surface area contributed by atoms with Gasteiger partial charge in [0.2, 0.25) is 0 Å². The Bertz CT molecular complexity index is 499. The molecule has 0 bridgehead atoms. The van der Waals surface area contributed by atoms with E-state index in [1.807, 2.05) is 0 Å². The van der Waals surface area contributed by atoms with E-state index in [-0.39, 0.29) is 22.5 Å². The quantitative estimate of drug-likeness (QED) is 0.725. The molecule has 0 spiro atoms. The van der Waals surface area contributed by atoms with Crippen LogP contribution in [0.5, 0.6) is 0 Å². The number of hydrogen-bond acceptors (Lipinski definition) is 1. The summed E-state index contributed by atoms with van der Waals surface area (Å²) in [6.07, 6.45) is 4.81. The van der Waals surface area contributed by atoms with E-state index in [2.05, 4.69) is 0 Å². The number of Topliss-reactive ketones (excluding diaryl/α,β-unsaturated/α-hetero) is 1. The van der Waals surface area contributed by atoms with Crippen LogP contribution >= 0.6 is 11.6 Å². The van der Waals surface area contributed by atoms with Crippen LogP contribution in [0.4, 0.5) is 4.39 Å². The summed E-state index contributed by atoms with van der Waals surface area (Å²) in [6, 6.07) is 2.86. The molecule has 18 heavy (non-hydrogen) atoms. The van der Waals surface area contributed by atoms with E-state index < -0.39 is 0 Å². The highest BCUT2D eigenvalue weighted by Gasteiger charge is 2.54. The van der Waals surface area contributed by atoms with Gasteiger partial charge in [-0.1, -0.05) is 24.4 Å². The maximum atomic E-state index is 13.3. The minimum absolute atomic E-state index is 0.125. The first kappa shape index (κ1) is 12.2. The van der Waals surface area contributed by atoms with Crippen LogP contribution in [0.1, 0.15) is 41.6 Å². The molecular weight excluding hydrogens is 251 g/mol. The maximum Gasteiger partial charge on any atom is 0.168 e. The van der Waals surface area contributed by atoms with Crippen molar-refractivity contribution in [3.05, 3.63) is 34.1 Å². The zero-order valence-electron chi connectivity index (χ0n) is 10.4. The van der Waals surface area contributed by atoms with Gasteiger partial charge in [-0.2, -0.15) is 0 Å². The van der Waals surface area contributed by atoms with Crippen molar-refractivity contribution in [2.75, 3.05) is 0 Å². The van der Waals surface area contributed by atoms with Crippen LogP contribution in [0.2, 0.25) is 5.02 Å². The first-order valence-corrected chi connectivity index (χ1v) is 6.97. The van der Waals surface area contributed by atoms with E-state index in [1.54, 1.807) is 13.0 Å². The van der Waals surface area contributed by atoms with Gasteiger partial charge in [-0.25, -0.2) is 4.39 Å². The highest BCUT2D eigenvalue weighted by atomic mass is 35.5. The molecule has 0 radical (unpaired) electrons. The fourth-order valence-electron chi connectivity index (χ4n) is 3.41. The van der Waals surface area contributed by atoms with Crippen molar-refractivity contribution < 1.29 is 9.18 Å². The summed E-state index contributed by atoms with van der Waals surface area (Å²) in [4.78, 5) is 12.5. The lowest BCUT2D eigenvalue weighted by Crippen LogP contribution is -2.06. The third-order valence-electron chi connectivity index (χ3n) is 4.47. The lowest BCUT2D eigenvalue weighted by molar-refractivity contribution is 0.0956. The molecule has 2 aliphatic rings. The Morgan fingerprint density at radius 1 is 1.28 bits per heavy atom. The van der Waals surface area contributed by atoms with E-state index in [1.165, 1.54) is 31.7 Å². The summed E-state index contributed by atoms with van der Waals surface area (Å²) >= 11 is 6.00. The van der Waals surface area contributed by atoms with Gasteiger partial charge < -0.3 is 0 Å². The second kappa shape index (κ2) is 4.34. The van der Waals surface area contributed by atoms with Gasteiger partial charge in [0.15, 0.2) is 5.78 Å². The molecule has 0 amide bonds. The Balaban J connectivity index is 1.87. The van der Waals surface area contributed by atoms with Crippen molar-refractivity contribution in [2.45, 2.75) is 32.6 Å². The van der Waals surface area contributed by atoms with Crippen LogP contribution in [0.15, 0.2) is 12.1 Å². The minimum atomic E-state index is -0.343. The molecule has 96 valence electrons. The molecule has 2 saturated carbocycles. The molecule has 3 rings (SSSR count). The minimum Gasteiger partial charge on any atom is -0.294 e. The highest BCUT2D eigenvalue weighted by molar-refractivity contribution is 6.34. The summed E-state index contributed by atoms with van der Waals surface area (Å²) in [5, 5.41) is 0.256. The molecule has 0 N–H and O–H groups in total. The predicted molar refractivity (Wildman–Crippen MR) is 69.4 cm³/mol. The highest BCUT2D eigenvalue weighted by Crippen LogP contribution is 2.56. The molecule has 0 aromatic heterocycles. The molecule has 1 aromatic carbocycles. The van der Waals surface area contributed by atoms with Gasteiger partial charge in [0, 0.05) is 11.5 Å². The average molecular weight is 267 g/mol. The molecule has 1 aromatic rings. The first-order chi connectivity index (χ1) is 8.59. The zero-order valence-corrected chi connectivity index (χ0v) is 11.1. The third kappa shape index (κ3) is 1.87. The van der Waals surface area contributed by atoms with Gasteiger partial charge >= 0.3 is 0 Å². The number of carbonyl (C=O) groups excluding carboxylic acids is 1. The Kier molecular flexibility index (Phi) is 2.93. The fraction of sp³-hybridized carbons (Fsp3) is 0.533.